The maximum atomic E-state index is 5.47. The van der Waals surface area contributed by atoms with E-state index < -0.39 is 0 Å². The predicted octanol–water partition coefficient (Wildman–Crippen LogP) is 1.96. The van der Waals surface area contributed by atoms with Gasteiger partial charge in [0.15, 0.2) is 0 Å². The molecule has 0 unspecified atom stereocenters. The second-order valence-corrected chi connectivity index (χ2v) is 4.58. The molecule has 0 amide bonds. The summed E-state index contributed by atoms with van der Waals surface area (Å²) in [6.45, 7) is 8.56. The highest BCUT2D eigenvalue weighted by atomic mass is 15.0. The second-order valence-electron chi connectivity index (χ2n) is 4.58. The van der Waals surface area contributed by atoms with Crippen molar-refractivity contribution in [2.75, 3.05) is 5.73 Å². The summed E-state index contributed by atoms with van der Waals surface area (Å²) in [6, 6.07) is 0. The average molecular weight is 179 g/mol. The van der Waals surface area contributed by atoms with Crippen LogP contribution in [0.1, 0.15) is 32.0 Å². The van der Waals surface area contributed by atoms with Crippen LogP contribution in [0.2, 0.25) is 0 Å². The molecule has 0 atom stereocenters. The van der Waals surface area contributed by atoms with Gasteiger partial charge in [-0.2, -0.15) is 0 Å². The largest absolute Gasteiger partial charge is 0.368 e. The third-order valence-corrected chi connectivity index (χ3v) is 1.82. The summed E-state index contributed by atoms with van der Waals surface area (Å²) >= 11 is 0. The van der Waals surface area contributed by atoms with Crippen LogP contribution in [-0.4, -0.2) is 9.97 Å². The molecule has 72 valence electrons. The molecule has 2 N–H and O–H groups in total. The summed E-state index contributed by atoms with van der Waals surface area (Å²) in [5, 5.41) is 0. The molecule has 0 fully saturated rings. The lowest BCUT2D eigenvalue weighted by Crippen LogP contribution is -2.12. The minimum absolute atomic E-state index is 0.268. The van der Waals surface area contributed by atoms with Crippen LogP contribution in [0.25, 0.3) is 0 Å². The van der Waals surface area contributed by atoms with Crippen LogP contribution >= 0.6 is 0 Å². The van der Waals surface area contributed by atoms with Gasteiger partial charge in [-0.3, -0.25) is 0 Å². The van der Waals surface area contributed by atoms with Gasteiger partial charge in [-0.15, -0.1) is 0 Å². The van der Waals surface area contributed by atoms with Crippen LogP contribution in [0.15, 0.2) is 6.20 Å². The van der Waals surface area contributed by atoms with Crippen molar-refractivity contribution in [2.45, 2.75) is 34.1 Å². The molecule has 1 aromatic heterocycles. The number of anilines is 1. The molecule has 1 heterocycles. The minimum Gasteiger partial charge on any atom is -0.368 e. The first-order chi connectivity index (χ1) is 5.88. The van der Waals surface area contributed by atoms with Gasteiger partial charge in [0.05, 0.1) is 0 Å². The van der Waals surface area contributed by atoms with Crippen molar-refractivity contribution in [3.05, 3.63) is 17.5 Å². The summed E-state index contributed by atoms with van der Waals surface area (Å²) in [5.41, 5.74) is 7.91. The van der Waals surface area contributed by atoms with Crippen molar-refractivity contribution >= 4 is 5.95 Å². The Kier molecular flexibility index (Phi) is 2.55. The summed E-state index contributed by atoms with van der Waals surface area (Å²) < 4.78 is 0. The summed E-state index contributed by atoms with van der Waals surface area (Å²) in [6.07, 6.45) is 2.81. The molecule has 0 bridgehead atoms. The van der Waals surface area contributed by atoms with Gasteiger partial charge in [-0.25, -0.2) is 9.97 Å². The highest BCUT2D eigenvalue weighted by molar-refractivity contribution is 5.24. The number of nitrogens with two attached hydrogens (primary N) is 1. The standard InChI is InChI=1S/C10H17N3/c1-7-8(5-10(2,3)4)6-12-9(11)13-7/h6H,5H2,1-4H3,(H2,11,12,13). The first-order valence-electron chi connectivity index (χ1n) is 4.46. The third-order valence-electron chi connectivity index (χ3n) is 1.82. The number of rotatable bonds is 1. The maximum Gasteiger partial charge on any atom is 0.220 e. The van der Waals surface area contributed by atoms with E-state index in [-0.39, 0.29) is 5.41 Å². The van der Waals surface area contributed by atoms with Crippen LogP contribution in [-0.2, 0) is 6.42 Å². The normalized spacial score (nSPS) is 11.7. The molecule has 0 aromatic carbocycles. The lowest BCUT2D eigenvalue weighted by atomic mass is 9.88. The Morgan fingerprint density at radius 3 is 2.46 bits per heavy atom. The van der Waals surface area contributed by atoms with Crippen LogP contribution in [0, 0.1) is 12.3 Å². The van der Waals surface area contributed by atoms with E-state index in [0.29, 0.717) is 5.95 Å². The van der Waals surface area contributed by atoms with Crippen molar-refractivity contribution < 1.29 is 0 Å². The lowest BCUT2D eigenvalue weighted by molar-refractivity contribution is 0.409. The molecule has 0 saturated carbocycles. The van der Waals surface area contributed by atoms with E-state index in [1.165, 1.54) is 5.56 Å². The van der Waals surface area contributed by atoms with Crippen molar-refractivity contribution in [3.8, 4) is 0 Å². The van der Waals surface area contributed by atoms with Gasteiger partial charge in [-0.05, 0) is 24.3 Å². The van der Waals surface area contributed by atoms with E-state index in [0.717, 1.165) is 12.1 Å². The molecular weight excluding hydrogens is 162 g/mol. The van der Waals surface area contributed by atoms with E-state index in [2.05, 4.69) is 30.7 Å². The fourth-order valence-corrected chi connectivity index (χ4v) is 1.25. The minimum atomic E-state index is 0.268. The van der Waals surface area contributed by atoms with Gasteiger partial charge < -0.3 is 5.73 Å². The van der Waals surface area contributed by atoms with Crippen LogP contribution in [0.5, 0.6) is 0 Å². The molecule has 0 saturated heterocycles. The fourth-order valence-electron chi connectivity index (χ4n) is 1.25. The Labute approximate surface area is 79.4 Å². The number of nitrogen functional groups attached to an aromatic ring is 1. The first kappa shape index (κ1) is 9.96. The first-order valence-corrected chi connectivity index (χ1v) is 4.46. The molecule has 0 aliphatic rings. The van der Waals surface area contributed by atoms with E-state index in [9.17, 15) is 0 Å². The summed E-state index contributed by atoms with van der Waals surface area (Å²) in [5.74, 6) is 0.357. The zero-order valence-electron chi connectivity index (χ0n) is 8.76. The molecule has 0 radical (unpaired) electrons. The average Bonchev–Trinajstić information content (AvgIpc) is 1.93. The fraction of sp³-hybridized carbons (Fsp3) is 0.600. The third kappa shape index (κ3) is 3.01. The molecule has 3 heteroatoms. The Bertz CT molecular complexity index is 300. The molecule has 13 heavy (non-hydrogen) atoms. The van der Waals surface area contributed by atoms with Crippen molar-refractivity contribution in [1.82, 2.24) is 9.97 Å². The van der Waals surface area contributed by atoms with Crippen LogP contribution in [0.4, 0.5) is 5.95 Å². The summed E-state index contributed by atoms with van der Waals surface area (Å²) in [7, 11) is 0. The molecule has 0 aliphatic heterocycles. The number of aromatic nitrogens is 2. The van der Waals surface area contributed by atoms with Crippen molar-refractivity contribution in [3.63, 3.8) is 0 Å². The Morgan fingerprint density at radius 2 is 2.00 bits per heavy atom. The number of aryl methyl sites for hydroxylation is 1. The van der Waals surface area contributed by atoms with E-state index in [1.54, 1.807) is 0 Å². The number of hydrogen-bond acceptors (Lipinski definition) is 3. The second kappa shape index (κ2) is 3.32. The van der Waals surface area contributed by atoms with Gasteiger partial charge in [0, 0.05) is 11.9 Å². The van der Waals surface area contributed by atoms with E-state index in [4.69, 9.17) is 5.73 Å². The van der Waals surface area contributed by atoms with Gasteiger partial charge in [0.2, 0.25) is 5.95 Å². The van der Waals surface area contributed by atoms with Gasteiger partial charge >= 0.3 is 0 Å². The summed E-state index contributed by atoms with van der Waals surface area (Å²) in [4.78, 5) is 8.12. The van der Waals surface area contributed by atoms with Gasteiger partial charge in [-0.1, -0.05) is 20.8 Å². The highest BCUT2D eigenvalue weighted by Crippen LogP contribution is 2.21. The maximum absolute atomic E-state index is 5.47. The van der Waals surface area contributed by atoms with E-state index >= 15 is 0 Å². The Balaban J connectivity index is 2.90. The molecule has 3 nitrogen and oxygen atoms in total. The zero-order valence-corrected chi connectivity index (χ0v) is 8.76. The number of hydrogen-bond donors (Lipinski definition) is 1. The van der Waals surface area contributed by atoms with Gasteiger partial charge in [0.25, 0.3) is 0 Å². The molecule has 1 rings (SSSR count). The van der Waals surface area contributed by atoms with Gasteiger partial charge in [0.1, 0.15) is 0 Å². The van der Waals surface area contributed by atoms with Crippen LogP contribution in [0.3, 0.4) is 0 Å². The van der Waals surface area contributed by atoms with Crippen molar-refractivity contribution in [1.29, 1.82) is 0 Å². The molecule has 1 aromatic rings. The van der Waals surface area contributed by atoms with E-state index in [1.807, 2.05) is 13.1 Å². The molecule has 0 spiro atoms. The topological polar surface area (TPSA) is 51.8 Å². The predicted molar refractivity (Wildman–Crippen MR) is 54.3 cm³/mol. The smallest absolute Gasteiger partial charge is 0.220 e. The van der Waals surface area contributed by atoms with Crippen molar-refractivity contribution in [2.24, 2.45) is 5.41 Å². The Hall–Kier alpha value is -1.12. The van der Waals surface area contributed by atoms with Crippen LogP contribution < -0.4 is 5.73 Å². The monoisotopic (exact) mass is 179 g/mol. The molecule has 0 aliphatic carbocycles. The lowest BCUT2D eigenvalue weighted by Gasteiger charge is -2.18. The quantitative estimate of drug-likeness (QED) is 0.717. The molecular formula is C10H17N3. The SMILES string of the molecule is Cc1nc(N)ncc1CC(C)(C)C. The Morgan fingerprint density at radius 1 is 1.38 bits per heavy atom. The zero-order chi connectivity index (χ0) is 10.1. The highest BCUT2D eigenvalue weighted by Gasteiger charge is 2.13. The number of nitrogens with zero attached hydrogens (tertiary/aromatic N) is 2.